The molecule has 18 heavy (non-hydrogen) atoms. The fourth-order valence-corrected chi connectivity index (χ4v) is 1.51. The van der Waals surface area contributed by atoms with Crippen LogP contribution < -0.4 is 0 Å². The molecular weight excluding hydrogens is 262 g/mol. The van der Waals surface area contributed by atoms with E-state index >= 15 is 0 Å². The summed E-state index contributed by atoms with van der Waals surface area (Å²) in [5.74, 6) is -2.07. The van der Waals surface area contributed by atoms with Gasteiger partial charge in [-0.25, -0.2) is 4.79 Å². The molecule has 0 aliphatic rings. The van der Waals surface area contributed by atoms with Crippen molar-refractivity contribution in [1.82, 2.24) is 0 Å². The summed E-state index contributed by atoms with van der Waals surface area (Å²) in [6, 6.07) is 3.94. The first kappa shape index (κ1) is 13.9. The summed E-state index contributed by atoms with van der Waals surface area (Å²) in [6.45, 7) is 1.09. The number of halogens is 1. The highest BCUT2D eigenvalue weighted by atomic mass is 35.5. The number of nitro groups is 1. The van der Waals surface area contributed by atoms with Crippen LogP contribution in [-0.2, 0) is 9.59 Å². The normalized spacial score (nSPS) is 11.1. The Labute approximate surface area is 107 Å². The molecule has 0 bridgehead atoms. The van der Waals surface area contributed by atoms with Gasteiger partial charge in [0.25, 0.3) is 5.69 Å². The lowest BCUT2D eigenvalue weighted by Crippen LogP contribution is -2.08. The van der Waals surface area contributed by atoms with Gasteiger partial charge in [-0.05, 0) is 13.0 Å². The van der Waals surface area contributed by atoms with Crippen molar-refractivity contribution in [2.45, 2.75) is 6.92 Å². The monoisotopic (exact) mass is 269 g/mol. The van der Waals surface area contributed by atoms with Crippen molar-refractivity contribution in [2.75, 3.05) is 0 Å². The highest BCUT2D eigenvalue weighted by Gasteiger charge is 2.17. The molecule has 0 atom stereocenters. The lowest BCUT2D eigenvalue weighted by molar-refractivity contribution is -0.384. The van der Waals surface area contributed by atoms with Crippen LogP contribution in [-0.4, -0.2) is 21.8 Å². The fraction of sp³-hybridized carbons (Fsp3) is 0.0909. The summed E-state index contributed by atoms with van der Waals surface area (Å²) in [7, 11) is 0. The van der Waals surface area contributed by atoms with Gasteiger partial charge in [-0.1, -0.05) is 23.7 Å². The average Bonchev–Trinajstić information content (AvgIpc) is 2.26. The van der Waals surface area contributed by atoms with E-state index < -0.39 is 22.2 Å². The SMILES string of the molecule is CC(=O)C(=Cc1cccc([N+](=O)[O-])c1Cl)C(=O)O. The molecular formula is C11H8ClNO5. The summed E-state index contributed by atoms with van der Waals surface area (Å²) in [5, 5.41) is 19.2. The Morgan fingerprint density at radius 2 is 2.06 bits per heavy atom. The number of hydrogen-bond acceptors (Lipinski definition) is 4. The number of hydrogen-bond donors (Lipinski definition) is 1. The first-order valence-corrected chi connectivity index (χ1v) is 5.11. The molecule has 0 saturated carbocycles. The molecule has 6 nitrogen and oxygen atoms in total. The van der Waals surface area contributed by atoms with Gasteiger partial charge in [0.05, 0.1) is 4.92 Å². The molecule has 0 spiro atoms. The second-order valence-electron chi connectivity index (χ2n) is 3.36. The summed E-state index contributed by atoms with van der Waals surface area (Å²) >= 11 is 5.77. The minimum atomic E-state index is -1.41. The zero-order valence-corrected chi connectivity index (χ0v) is 9.97. The second-order valence-corrected chi connectivity index (χ2v) is 3.73. The maximum absolute atomic E-state index is 11.1. The first-order chi connectivity index (χ1) is 8.34. The predicted octanol–water partition coefficient (Wildman–Crippen LogP) is 2.31. The Balaban J connectivity index is 3.39. The van der Waals surface area contributed by atoms with Crippen LogP contribution in [0.2, 0.25) is 5.02 Å². The van der Waals surface area contributed by atoms with Gasteiger partial charge in [0.1, 0.15) is 10.6 Å². The summed E-state index contributed by atoms with van der Waals surface area (Å²) in [6.07, 6.45) is 1.01. The second kappa shape index (κ2) is 5.42. The first-order valence-electron chi connectivity index (χ1n) is 4.73. The van der Waals surface area contributed by atoms with Gasteiger partial charge in [0.15, 0.2) is 5.78 Å². The molecule has 0 heterocycles. The van der Waals surface area contributed by atoms with E-state index in [1.165, 1.54) is 18.2 Å². The highest BCUT2D eigenvalue weighted by molar-refractivity contribution is 6.34. The zero-order chi connectivity index (χ0) is 13.9. The van der Waals surface area contributed by atoms with Crippen molar-refractivity contribution in [3.05, 3.63) is 44.5 Å². The van der Waals surface area contributed by atoms with Crippen molar-refractivity contribution in [3.8, 4) is 0 Å². The van der Waals surface area contributed by atoms with Crippen LogP contribution in [0, 0.1) is 10.1 Å². The standard InChI is InChI=1S/C11H8ClNO5/c1-6(14)8(11(15)16)5-7-3-2-4-9(10(7)12)13(17)18/h2-5H,1H3,(H,15,16). The van der Waals surface area contributed by atoms with E-state index in [2.05, 4.69) is 0 Å². The molecule has 7 heteroatoms. The van der Waals surface area contributed by atoms with Crippen LogP contribution >= 0.6 is 11.6 Å². The summed E-state index contributed by atoms with van der Waals surface area (Å²) < 4.78 is 0. The number of rotatable bonds is 4. The maximum atomic E-state index is 11.1. The Hall–Kier alpha value is -2.21. The Kier molecular flexibility index (Phi) is 4.17. The van der Waals surface area contributed by atoms with Gasteiger partial charge in [-0.15, -0.1) is 0 Å². The smallest absolute Gasteiger partial charge is 0.339 e. The number of carbonyl (C=O) groups excluding carboxylic acids is 1. The van der Waals surface area contributed by atoms with Gasteiger partial charge in [0, 0.05) is 11.6 Å². The number of carboxylic acid groups (broad SMARTS) is 1. The van der Waals surface area contributed by atoms with Crippen LogP contribution in [0.3, 0.4) is 0 Å². The minimum absolute atomic E-state index is 0.110. The van der Waals surface area contributed by atoms with Crippen molar-refractivity contribution >= 4 is 35.1 Å². The molecule has 0 aliphatic heterocycles. The number of aliphatic carboxylic acids is 1. The third-order valence-electron chi connectivity index (χ3n) is 2.11. The number of Topliss-reactive ketones (excluding diaryl/α,β-unsaturated/α-hetero) is 1. The number of carboxylic acids is 1. The van der Waals surface area contributed by atoms with Gasteiger partial charge >= 0.3 is 5.97 Å². The number of benzene rings is 1. The summed E-state index contributed by atoms with van der Waals surface area (Å²) in [4.78, 5) is 31.9. The van der Waals surface area contributed by atoms with Crippen LogP contribution in [0.1, 0.15) is 12.5 Å². The Morgan fingerprint density at radius 3 is 2.50 bits per heavy atom. The highest BCUT2D eigenvalue weighted by Crippen LogP contribution is 2.29. The van der Waals surface area contributed by atoms with E-state index in [0.717, 1.165) is 13.0 Å². The lowest BCUT2D eigenvalue weighted by Gasteiger charge is -2.01. The molecule has 0 aromatic heterocycles. The van der Waals surface area contributed by atoms with E-state index in [1.54, 1.807) is 0 Å². The third-order valence-corrected chi connectivity index (χ3v) is 2.53. The molecule has 0 radical (unpaired) electrons. The number of nitro benzene ring substituents is 1. The average molecular weight is 270 g/mol. The van der Waals surface area contributed by atoms with E-state index in [9.17, 15) is 19.7 Å². The van der Waals surface area contributed by atoms with Crippen LogP contribution in [0.15, 0.2) is 23.8 Å². The van der Waals surface area contributed by atoms with Crippen molar-refractivity contribution in [3.63, 3.8) is 0 Å². The maximum Gasteiger partial charge on any atom is 0.339 e. The van der Waals surface area contributed by atoms with E-state index in [0.29, 0.717) is 0 Å². The lowest BCUT2D eigenvalue weighted by atomic mass is 10.1. The van der Waals surface area contributed by atoms with Crippen LogP contribution in [0.5, 0.6) is 0 Å². The number of carbonyl (C=O) groups is 2. The molecule has 1 aromatic carbocycles. The van der Waals surface area contributed by atoms with Gasteiger partial charge in [0.2, 0.25) is 0 Å². The van der Waals surface area contributed by atoms with Gasteiger partial charge < -0.3 is 5.11 Å². The Bertz CT molecular complexity index is 549. The number of nitrogens with zero attached hydrogens (tertiary/aromatic N) is 1. The zero-order valence-electron chi connectivity index (χ0n) is 9.21. The Morgan fingerprint density at radius 1 is 1.44 bits per heavy atom. The number of ketones is 1. The predicted molar refractivity (Wildman–Crippen MR) is 64.4 cm³/mol. The fourth-order valence-electron chi connectivity index (χ4n) is 1.26. The quantitative estimate of drug-likeness (QED) is 0.297. The van der Waals surface area contributed by atoms with Crippen LogP contribution in [0.4, 0.5) is 5.69 Å². The van der Waals surface area contributed by atoms with Crippen LogP contribution in [0.25, 0.3) is 6.08 Å². The molecule has 0 aliphatic carbocycles. The molecule has 1 N–H and O–H groups in total. The van der Waals surface area contributed by atoms with E-state index in [1.807, 2.05) is 0 Å². The minimum Gasteiger partial charge on any atom is -0.478 e. The summed E-state index contributed by atoms with van der Waals surface area (Å²) in [5.41, 5.74) is -0.727. The molecule has 1 rings (SSSR count). The molecule has 0 fully saturated rings. The molecule has 0 unspecified atom stereocenters. The molecule has 94 valence electrons. The molecule has 0 amide bonds. The topological polar surface area (TPSA) is 97.5 Å². The molecule has 1 aromatic rings. The van der Waals surface area contributed by atoms with Gasteiger partial charge in [-0.3, -0.25) is 14.9 Å². The third kappa shape index (κ3) is 2.92. The van der Waals surface area contributed by atoms with E-state index in [-0.39, 0.29) is 16.3 Å². The molecule has 0 saturated heterocycles. The van der Waals surface area contributed by atoms with Crippen molar-refractivity contribution in [2.24, 2.45) is 0 Å². The van der Waals surface area contributed by atoms with Crippen molar-refractivity contribution < 1.29 is 19.6 Å². The van der Waals surface area contributed by atoms with Crippen molar-refractivity contribution in [1.29, 1.82) is 0 Å². The van der Waals surface area contributed by atoms with Gasteiger partial charge in [-0.2, -0.15) is 0 Å². The largest absolute Gasteiger partial charge is 0.478 e. The van der Waals surface area contributed by atoms with E-state index in [4.69, 9.17) is 16.7 Å².